The minimum atomic E-state index is -0.0140. The maximum atomic E-state index is 6.03. The SMILES string of the molecule is Cc1cccc(OC(C)CNc2nc(-c3ccncc3)nc3ccccc23)c1. The fourth-order valence-electron chi connectivity index (χ4n) is 3.04. The predicted octanol–water partition coefficient (Wildman–Crippen LogP) is 4.88. The zero-order valence-electron chi connectivity index (χ0n) is 16.0. The topological polar surface area (TPSA) is 59.9 Å². The lowest BCUT2D eigenvalue weighted by molar-refractivity contribution is 0.234. The zero-order chi connectivity index (χ0) is 19.3. The average molecular weight is 370 g/mol. The van der Waals surface area contributed by atoms with Crippen LogP contribution in [0.5, 0.6) is 5.75 Å². The third kappa shape index (κ3) is 4.09. The third-order valence-corrected chi connectivity index (χ3v) is 4.43. The van der Waals surface area contributed by atoms with E-state index >= 15 is 0 Å². The fourth-order valence-corrected chi connectivity index (χ4v) is 3.04. The molecule has 0 aliphatic carbocycles. The van der Waals surface area contributed by atoms with E-state index in [2.05, 4.69) is 23.3 Å². The van der Waals surface area contributed by atoms with Crippen LogP contribution in [0.2, 0.25) is 0 Å². The molecular formula is C23H22N4O. The van der Waals surface area contributed by atoms with Crippen LogP contribution >= 0.6 is 0 Å². The smallest absolute Gasteiger partial charge is 0.162 e. The summed E-state index contributed by atoms with van der Waals surface area (Å²) in [5.41, 5.74) is 3.02. The van der Waals surface area contributed by atoms with Gasteiger partial charge in [-0.05, 0) is 55.8 Å². The zero-order valence-corrected chi connectivity index (χ0v) is 16.0. The van der Waals surface area contributed by atoms with Gasteiger partial charge in [0.05, 0.1) is 12.1 Å². The summed E-state index contributed by atoms with van der Waals surface area (Å²) in [4.78, 5) is 13.5. The molecule has 28 heavy (non-hydrogen) atoms. The summed E-state index contributed by atoms with van der Waals surface area (Å²) in [6.07, 6.45) is 3.48. The number of fused-ring (bicyclic) bond motifs is 1. The van der Waals surface area contributed by atoms with Crippen LogP contribution in [-0.4, -0.2) is 27.6 Å². The molecule has 2 aromatic carbocycles. The molecule has 4 rings (SSSR count). The van der Waals surface area contributed by atoms with Crippen molar-refractivity contribution in [1.29, 1.82) is 0 Å². The molecule has 5 nitrogen and oxygen atoms in total. The van der Waals surface area contributed by atoms with Crippen molar-refractivity contribution in [1.82, 2.24) is 15.0 Å². The molecular weight excluding hydrogens is 348 g/mol. The Labute approximate surface area is 164 Å². The van der Waals surface area contributed by atoms with Crippen molar-refractivity contribution >= 4 is 16.7 Å². The number of nitrogens with one attached hydrogen (secondary N) is 1. The molecule has 0 spiro atoms. The minimum absolute atomic E-state index is 0.0140. The first-order valence-electron chi connectivity index (χ1n) is 9.33. The van der Waals surface area contributed by atoms with Crippen molar-refractivity contribution in [2.24, 2.45) is 0 Å². The standard InChI is InChI=1S/C23H22N4O/c1-16-6-5-7-19(14-16)28-17(2)15-25-23-20-8-3-4-9-21(20)26-22(27-23)18-10-12-24-13-11-18/h3-14,17H,15H2,1-2H3,(H,25,26,27). The van der Waals surface area contributed by atoms with Gasteiger partial charge in [0.25, 0.3) is 0 Å². The Bertz CT molecular complexity index is 1080. The molecule has 140 valence electrons. The van der Waals surface area contributed by atoms with Gasteiger partial charge in [-0.3, -0.25) is 4.98 Å². The Morgan fingerprint density at radius 3 is 2.61 bits per heavy atom. The summed E-state index contributed by atoms with van der Waals surface area (Å²) in [5.74, 6) is 2.35. The first-order chi connectivity index (χ1) is 13.7. The van der Waals surface area contributed by atoms with Crippen molar-refractivity contribution in [2.75, 3.05) is 11.9 Å². The second kappa shape index (κ2) is 8.05. The molecule has 0 radical (unpaired) electrons. The van der Waals surface area contributed by atoms with Gasteiger partial charge in [-0.25, -0.2) is 9.97 Å². The summed E-state index contributed by atoms with van der Waals surface area (Å²) in [5, 5.41) is 4.43. The second-order valence-corrected chi connectivity index (χ2v) is 6.77. The molecule has 2 aromatic heterocycles. The first-order valence-corrected chi connectivity index (χ1v) is 9.33. The molecule has 0 amide bonds. The second-order valence-electron chi connectivity index (χ2n) is 6.77. The van der Waals surface area contributed by atoms with Crippen LogP contribution in [0, 0.1) is 6.92 Å². The van der Waals surface area contributed by atoms with Gasteiger partial charge in [-0.15, -0.1) is 0 Å². The van der Waals surface area contributed by atoms with Gasteiger partial charge in [-0.2, -0.15) is 0 Å². The largest absolute Gasteiger partial charge is 0.489 e. The Morgan fingerprint density at radius 2 is 1.79 bits per heavy atom. The lowest BCUT2D eigenvalue weighted by Gasteiger charge is -2.17. The number of pyridine rings is 1. The molecule has 0 saturated carbocycles. The van der Waals surface area contributed by atoms with Crippen LogP contribution in [0.15, 0.2) is 73.1 Å². The highest BCUT2D eigenvalue weighted by Gasteiger charge is 2.11. The maximum Gasteiger partial charge on any atom is 0.162 e. The molecule has 2 heterocycles. The molecule has 0 aliphatic rings. The monoisotopic (exact) mass is 370 g/mol. The number of benzene rings is 2. The quantitative estimate of drug-likeness (QED) is 0.524. The van der Waals surface area contributed by atoms with Crippen LogP contribution in [-0.2, 0) is 0 Å². The minimum Gasteiger partial charge on any atom is -0.489 e. The average Bonchev–Trinajstić information content (AvgIpc) is 2.72. The van der Waals surface area contributed by atoms with E-state index in [1.54, 1.807) is 12.4 Å². The van der Waals surface area contributed by atoms with Crippen LogP contribution in [0.3, 0.4) is 0 Å². The maximum absolute atomic E-state index is 6.03. The number of aromatic nitrogens is 3. The molecule has 1 N–H and O–H groups in total. The fraction of sp³-hybridized carbons (Fsp3) is 0.174. The molecule has 5 heteroatoms. The number of anilines is 1. The Morgan fingerprint density at radius 1 is 0.964 bits per heavy atom. The summed E-state index contributed by atoms with van der Waals surface area (Å²) in [6.45, 7) is 4.73. The molecule has 0 fully saturated rings. The van der Waals surface area contributed by atoms with E-state index in [1.807, 2.05) is 61.5 Å². The molecule has 1 unspecified atom stereocenters. The van der Waals surface area contributed by atoms with Crippen molar-refractivity contribution in [3.05, 3.63) is 78.6 Å². The van der Waals surface area contributed by atoms with Crippen molar-refractivity contribution in [3.8, 4) is 17.1 Å². The number of hydrogen-bond acceptors (Lipinski definition) is 5. The van der Waals surface area contributed by atoms with Crippen LogP contribution < -0.4 is 10.1 Å². The van der Waals surface area contributed by atoms with Gasteiger partial charge in [-0.1, -0.05) is 24.3 Å². The van der Waals surface area contributed by atoms with Crippen LogP contribution in [0.1, 0.15) is 12.5 Å². The van der Waals surface area contributed by atoms with E-state index in [4.69, 9.17) is 14.7 Å². The van der Waals surface area contributed by atoms with Gasteiger partial charge in [0.1, 0.15) is 17.7 Å². The summed E-state index contributed by atoms with van der Waals surface area (Å²) in [7, 11) is 0. The van der Waals surface area contributed by atoms with E-state index in [1.165, 1.54) is 5.56 Å². The Kier molecular flexibility index (Phi) is 5.15. The van der Waals surface area contributed by atoms with E-state index < -0.39 is 0 Å². The Balaban J connectivity index is 1.57. The molecule has 0 bridgehead atoms. The third-order valence-electron chi connectivity index (χ3n) is 4.43. The van der Waals surface area contributed by atoms with E-state index in [0.29, 0.717) is 12.4 Å². The lowest BCUT2D eigenvalue weighted by Crippen LogP contribution is -2.23. The van der Waals surface area contributed by atoms with E-state index in [-0.39, 0.29) is 6.10 Å². The van der Waals surface area contributed by atoms with Crippen molar-refractivity contribution < 1.29 is 4.74 Å². The first kappa shape index (κ1) is 17.9. The predicted molar refractivity (Wildman–Crippen MR) is 113 cm³/mol. The molecule has 4 aromatic rings. The van der Waals surface area contributed by atoms with Crippen molar-refractivity contribution in [2.45, 2.75) is 20.0 Å². The number of rotatable bonds is 6. The molecule has 0 saturated heterocycles. The highest BCUT2D eigenvalue weighted by Crippen LogP contribution is 2.24. The van der Waals surface area contributed by atoms with Gasteiger partial charge in [0.15, 0.2) is 5.82 Å². The van der Waals surface area contributed by atoms with Gasteiger partial charge >= 0.3 is 0 Å². The van der Waals surface area contributed by atoms with E-state index in [0.717, 1.165) is 28.0 Å². The highest BCUT2D eigenvalue weighted by molar-refractivity contribution is 5.90. The van der Waals surface area contributed by atoms with Crippen LogP contribution in [0.25, 0.3) is 22.3 Å². The van der Waals surface area contributed by atoms with E-state index in [9.17, 15) is 0 Å². The summed E-state index contributed by atoms with van der Waals surface area (Å²) < 4.78 is 6.03. The van der Waals surface area contributed by atoms with Crippen LogP contribution in [0.4, 0.5) is 5.82 Å². The number of para-hydroxylation sites is 1. The number of hydrogen-bond donors (Lipinski definition) is 1. The summed E-state index contributed by atoms with van der Waals surface area (Å²) >= 11 is 0. The van der Waals surface area contributed by atoms with Gasteiger partial charge < -0.3 is 10.1 Å². The Hall–Kier alpha value is -3.47. The normalized spacial score (nSPS) is 11.9. The van der Waals surface area contributed by atoms with Crippen molar-refractivity contribution in [3.63, 3.8) is 0 Å². The molecule has 0 aliphatic heterocycles. The molecule has 1 atom stereocenters. The van der Waals surface area contributed by atoms with Gasteiger partial charge in [0, 0.05) is 23.3 Å². The summed E-state index contributed by atoms with van der Waals surface area (Å²) in [6, 6.07) is 19.9. The lowest BCUT2D eigenvalue weighted by atomic mass is 10.2. The van der Waals surface area contributed by atoms with Gasteiger partial charge in [0.2, 0.25) is 0 Å². The highest BCUT2D eigenvalue weighted by atomic mass is 16.5. The number of nitrogens with zero attached hydrogens (tertiary/aromatic N) is 3. The number of aryl methyl sites for hydroxylation is 1. The number of ether oxygens (including phenoxy) is 1.